The topological polar surface area (TPSA) is 88.5 Å². The number of aromatic nitrogens is 5. The number of carbonyl (C=O) groups is 1. The van der Waals surface area contributed by atoms with E-state index in [1.807, 2.05) is 54.6 Å². The zero-order valence-electron chi connectivity index (χ0n) is 14.0. The van der Waals surface area contributed by atoms with Gasteiger partial charge in [0, 0.05) is 18.8 Å². The number of para-hydroxylation sites is 1. The van der Waals surface area contributed by atoms with Gasteiger partial charge in [-0.2, -0.15) is 0 Å². The van der Waals surface area contributed by atoms with E-state index in [0.29, 0.717) is 6.42 Å². The molecule has 0 spiro atoms. The molecule has 0 aliphatic carbocycles. The van der Waals surface area contributed by atoms with Gasteiger partial charge in [-0.15, -0.1) is 5.10 Å². The van der Waals surface area contributed by atoms with Gasteiger partial charge in [0.2, 0.25) is 5.91 Å². The van der Waals surface area contributed by atoms with Gasteiger partial charge in [-0.25, -0.2) is 9.67 Å². The van der Waals surface area contributed by atoms with Crippen molar-refractivity contribution in [3.8, 4) is 0 Å². The highest BCUT2D eigenvalue weighted by molar-refractivity contribution is 5.80. The number of benzene rings is 2. The first-order chi connectivity index (χ1) is 12.8. The lowest BCUT2D eigenvalue weighted by Gasteiger charge is -2.18. The Morgan fingerprint density at radius 1 is 1.12 bits per heavy atom. The number of aromatic amines is 1. The molecule has 2 heterocycles. The normalized spacial score (nSPS) is 12.2. The third-order valence-electron chi connectivity index (χ3n) is 4.20. The molecule has 0 saturated carbocycles. The minimum Gasteiger partial charge on any atom is -0.349 e. The number of rotatable bonds is 6. The van der Waals surface area contributed by atoms with Gasteiger partial charge >= 0.3 is 0 Å². The fourth-order valence-corrected chi connectivity index (χ4v) is 2.95. The number of nitrogens with one attached hydrogen (secondary N) is 2. The summed E-state index contributed by atoms with van der Waals surface area (Å²) in [6.07, 6.45) is 4.07. The second kappa shape index (κ2) is 7.18. The molecule has 1 amide bonds. The van der Waals surface area contributed by atoms with Crippen LogP contribution in [0, 0.1) is 0 Å². The van der Waals surface area contributed by atoms with E-state index in [0.717, 1.165) is 22.4 Å². The molecular formula is C19H18N6O. The molecule has 0 fully saturated rings. The van der Waals surface area contributed by atoms with Crippen LogP contribution in [-0.2, 0) is 17.8 Å². The minimum atomic E-state index is -0.176. The molecular weight excluding hydrogens is 328 g/mol. The van der Waals surface area contributed by atoms with Crippen molar-refractivity contribution in [3.63, 3.8) is 0 Å². The van der Waals surface area contributed by atoms with E-state index in [-0.39, 0.29) is 18.5 Å². The van der Waals surface area contributed by atoms with Gasteiger partial charge in [-0.3, -0.25) is 4.79 Å². The van der Waals surface area contributed by atoms with Crippen molar-refractivity contribution < 1.29 is 4.79 Å². The van der Waals surface area contributed by atoms with Crippen LogP contribution in [0.5, 0.6) is 0 Å². The van der Waals surface area contributed by atoms with Crippen LogP contribution in [0.4, 0.5) is 0 Å². The van der Waals surface area contributed by atoms with Crippen LogP contribution < -0.4 is 5.32 Å². The molecule has 0 radical (unpaired) electrons. The Balaban J connectivity index is 1.52. The average molecular weight is 346 g/mol. The van der Waals surface area contributed by atoms with Gasteiger partial charge in [-0.05, 0) is 17.7 Å². The van der Waals surface area contributed by atoms with E-state index in [4.69, 9.17) is 0 Å². The second-order valence-corrected chi connectivity index (χ2v) is 6.01. The van der Waals surface area contributed by atoms with Crippen LogP contribution in [0.15, 0.2) is 67.0 Å². The standard InChI is InChI=1S/C19H18N6O/c26-19(13-25-17-9-5-4-8-15(17)23-24-25)22-16(12-18-20-10-11-21-18)14-6-2-1-3-7-14/h1-11,16H,12-13H2,(H,20,21)(H,22,26). The van der Waals surface area contributed by atoms with E-state index in [1.165, 1.54) is 0 Å². The fraction of sp³-hybridized carbons (Fsp3) is 0.158. The van der Waals surface area contributed by atoms with Crippen molar-refractivity contribution >= 4 is 16.9 Å². The molecule has 1 unspecified atom stereocenters. The van der Waals surface area contributed by atoms with E-state index >= 15 is 0 Å². The summed E-state index contributed by atoms with van der Waals surface area (Å²) in [4.78, 5) is 20.0. The van der Waals surface area contributed by atoms with Crippen LogP contribution in [0.25, 0.3) is 11.0 Å². The Hall–Kier alpha value is -3.48. The van der Waals surface area contributed by atoms with Crippen LogP contribution in [-0.4, -0.2) is 30.9 Å². The third-order valence-corrected chi connectivity index (χ3v) is 4.20. The molecule has 0 bridgehead atoms. The van der Waals surface area contributed by atoms with Crippen LogP contribution >= 0.6 is 0 Å². The number of imidazole rings is 1. The smallest absolute Gasteiger partial charge is 0.242 e. The molecule has 2 aromatic carbocycles. The van der Waals surface area contributed by atoms with E-state index < -0.39 is 0 Å². The number of hydrogen-bond donors (Lipinski definition) is 2. The molecule has 2 aromatic heterocycles. The lowest BCUT2D eigenvalue weighted by Crippen LogP contribution is -2.33. The highest BCUT2D eigenvalue weighted by Gasteiger charge is 2.17. The molecule has 7 heteroatoms. The molecule has 1 atom stereocenters. The summed E-state index contributed by atoms with van der Waals surface area (Å²) < 4.78 is 1.61. The second-order valence-electron chi connectivity index (χ2n) is 6.01. The van der Waals surface area contributed by atoms with Crippen molar-refractivity contribution in [2.45, 2.75) is 19.0 Å². The summed E-state index contributed by atoms with van der Waals surface area (Å²) in [5.41, 5.74) is 2.64. The van der Waals surface area contributed by atoms with E-state index in [2.05, 4.69) is 25.6 Å². The van der Waals surface area contributed by atoms with Crippen molar-refractivity contribution in [2.75, 3.05) is 0 Å². The quantitative estimate of drug-likeness (QED) is 0.560. The number of carbonyl (C=O) groups excluding carboxylic acids is 1. The highest BCUT2D eigenvalue weighted by atomic mass is 16.2. The predicted molar refractivity (Wildman–Crippen MR) is 97.1 cm³/mol. The van der Waals surface area contributed by atoms with E-state index in [9.17, 15) is 4.79 Å². The van der Waals surface area contributed by atoms with Gasteiger partial charge in [0.1, 0.15) is 17.9 Å². The summed E-state index contributed by atoms with van der Waals surface area (Å²) in [5, 5.41) is 11.3. The molecule has 0 saturated heterocycles. The number of H-pyrrole nitrogens is 1. The molecule has 4 aromatic rings. The maximum absolute atomic E-state index is 12.6. The molecule has 4 rings (SSSR count). The molecule has 7 nitrogen and oxygen atoms in total. The number of hydrogen-bond acceptors (Lipinski definition) is 4. The van der Waals surface area contributed by atoms with Crippen molar-refractivity contribution in [2.24, 2.45) is 0 Å². The Bertz CT molecular complexity index is 993. The fourth-order valence-electron chi connectivity index (χ4n) is 2.95. The first kappa shape index (κ1) is 16.0. The van der Waals surface area contributed by atoms with Gasteiger partial charge in [0.25, 0.3) is 0 Å². The maximum atomic E-state index is 12.6. The average Bonchev–Trinajstić information content (AvgIpc) is 3.32. The Labute approximate surface area is 150 Å². The summed E-state index contributed by atoms with van der Waals surface area (Å²) in [6.45, 7) is 0.113. The van der Waals surface area contributed by atoms with Crippen LogP contribution in [0.3, 0.4) is 0 Å². The van der Waals surface area contributed by atoms with Gasteiger partial charge < -0.3 is 10.3 Å². The molecule has 2 N–H and O–H groups in total. The zero-order valence-corrected chi connectivity index (χ0v) is 14.0. The first-order valence-corrected chi connectivity index (χ1v) is 8.40. The molecule has 0 aliphatic rings. The van der Waals surface area contributed by atoms with Crippen LogP contribution in [0.1, 0.15) is 17.4 Å². The minimum absolute atomic E-state index is 0.113. The maximum Gasteiger partial charge on any atom is 0.242 e. The lowest BCUT2D eigenvalue weighted by molar-refractivity contribution is -0.122. The Morgan fingerprint density at radius 3 is 2.73 bits per heavy atom. The van der Waals surface area contributed by atoms with Crippen molar-refractivity contribution in [3.05, 3.63) is 78.4 Å². The predicted octanol–water partition coefficient (Wildman–Crippen LogP) is 2.25. The lowest BCUT2D eigenvalue weighted by atomic mass is 10.0. The van der Waals surface area contributed by atoms with Crippen molar-refractivity contribution in [1.82, 2.24) is 30.3 Å². The third kappa shape index (κ3) is 3.46. The Morgan fingerprint density at radius 2 is 1.92 bits per heavy atom. The molecule has 130 valence electrons. The monoisotopic (exact) mass is 346 g/mol. The molecule has 0 aliphatic heterocycles. The zero-order chi connectivity index (χ0) is 17.8. The van der Waals surface area contributed by atoms with E-state index in [1.54, 1.807) is 17.1 Å². The molecule has 26 heavy (non-hydrogen) atoms. The number of amides is 1. The van der Waals surface area contributed by atoms with Gasteiger partial charge in [0.05, 0.1) is 11.6 Å². The summed E-state index contributed by atoms with van der Waals surface area (Å²) >= 11 is 0. The number of fused-ring (bicyclic) bond motifs is 1. The summed E-state index contributed by atoms with van der Waals surface area (Å²) in [6, 6.07) is 17.3. The van der Waals surface area contributed by atoms with Gasteiger partial charge in [-0.1, -0.05) is 47.7 Å². The summed E-state index contributed by atoms with van der Waals surface area (Å²) in [7, 11) is 0. The first-order valence-electron chi connectivity index (χ1n) is 8.40. The number of nitrogens with zero attached hydrogens (tertiary/aromatic N) is 4. The Kier molecular flexibility index (Phi) is 4.42. The van der Waals surface area contributed by atoms with Crippen molar-refractivity contribution in [1.29, 1.82) is 0 Å². The highest BCUT2D eigenvalue weighted by Crippen LogP contribution is 2.17. The van der Waals surface area contributed by atoms with Crippen LogP contribution in [0.2, 0.25) is 0 Å². The summed E-state index contributed by atoms with van der Waals surface area (Å²) in [5.74, 6) is 0.700. The SMILES string of the molecule is O=C(Cn1nnc2ccccc21)NC(Cc1ncc[nH]1)c1ccccc1. The van der Waals surface area contributed by atoms with Gasteiger partial charge in [0.15, 0.2) is 0 Å². The largest absolute Gasteiger partial charge is 0.349 e.